The van der Waals surface area contributed by atoms with Crippen LogP contribution in [-0.4, -0.2) is 17.0 Å². The molecule has 0 saturated heterocycles. The lowest BCUT2D eigenvalue weighted by molar-refractivity contribution is -0.127. The molecule has 1 N–H and O–H groups in total. The van der Waals surface area contributed by atoms with Crippen LogP contribution in [0.15, 0.2) is 0 Å². The van der Waals surface area contributed by atoms with Crippen LogP contribution in [0, 0.1) is 17.3 Å². The summed E-state index contributed by atoms with van der Waals surface area (Å²) < 4.78 is 0. The molecule has 0 radical (unpaired) electrons. The number of hydrogen-bond donors (Lipinski definition) is 1. The fourth-order valence-electron chi connectivity index (χ4n) is 2.72. The van der Waals surface area contributed by atoms with Crippen molar-refractivity contribution >= 4 is 5.78 Å². The highest BCUT2D eigenvalue weighted by atomic mass is 16.3. The van der Waals surface area contributed by atoms with Crippen LogP contribution in [0.25, 0.3) is 0 Å². The fraction of sp³-hybridized carbons (Fsp3) is 0.929. The topological polar surface area (TPSA) is 37.3 Å². The van der Waals surface area contributed by atoms with E-state index in [1.807, 2.05) is 0 Å². The molecule has 1 aliphatic rings. The molecule has 1 aliphatic carbocycles. The molecular formula is C14H26O2. The number of hydrogen-bond acceptors (Lipinski definition) is 2. The van der Waals surface area contributed by atoms with Crippen molar-refractivity contribution in [3.8, 4) is 0 Å². The van der Waals surface area contributed by atoms with E-state index in [2.05, 4.69) is 20.8 Å². The van der Waals surface area contributed by atoms with Crippen molar-refractivity contribution < 1.29 is 9.90 Å². The standard InChI is InChI=1S/C14H26O2/c1-10(15)13(16)9-11-6-5-7-12(8-11)14(2,3)4/h10-12,15H,5-9H2,1-4H3/t10?,11-,12+/m1/s1. The van der Waals surface area contributed by atoms with Gasteiger partial charge in [0.05, 0.1) is 0 Å². The number of ketones is 1. The lowest BCUT2D eigenvalue weighted by atomic mass is 9.68. The maximum Gasteiger partial charge on any atom is 0.161 e. The van der Waals surface area contributed by atoms with Crippen LogP contribution in [0.5, 0.6) is 0 Å². The third-order valence-electron chi connectivity index (χ3n) is 3.96. The van der Waals surface area contributed by atoms with Gasteiger partial charge in [0, 0.05) is 6.42 Å². The number of carbonyl (C=O) groups excluding carboxylic acids is 1. The van der Waals surface area contributed by atoms with Gasteiger partial charge in [-0.1, -0.05) is 33.6 Å². The summed E-state index contributed by atoms with van der Waals surface area (Å²) in [5, 5.41) is 9.23. The van der Waals surface area contributed by atoms with Crippen LogP contribution >= 0.6 is 0 Å². The Morgan fingerprint density at radius 3 is 2.50 bits per heavy atom. The molecule has 0 heterocycles. The van der Waals surface area contributed by atoms with Gasteiger partial charge in [-0.15, -0.1) is 0 Å². The van der Waals surface area contributed by atoms with Gasteiger partial charge >= 0.3 is 0 Å². The summed E-state index contributed by atoms with van der Waals surface area (Å²) in [5.41, 5.74) is 0.354. The highest BCUT2D eigenvalue weighted by Crippen LogP contribution is 2.41. The summed E-state index contributed by atoms with van der Waals surface area (Å²) in [6.07, 6.45) is 4.63. The number of aliphatic hydroxyl groups is 1. The van der Waals surface area contributed by atoms with Crippen molar-refractivity contribution in [2.45, 2.75) is 65.9 Å². The van der Waals surface area contributed by atoms with Gasteiger partial charge in [0.25, 0.3) is 0 Å². The average Bonchev–Trinajstić information content (AvgIpc) is 2.16. The van der Waals surface area contributed by atoms with Crippen LogP contribution in [0.2, 0.25) is 0 Å². The maximum absolute atomic E-state index is 11.5. The first-order valence-electron chi connectivity index (χ1n) is 6.51. The average molecular weight is 226 g/mol. The van der Waals surface area contributed by atoms with Crippen molar-refractivity contribution in [3.63, 3.8) is 0 Å². The SMILES string of the molecule is CC(O)C(=O)C[C@@H]1CCC[C@H](C(C)(C)C)C1. The van der Waals surface area contributed by atoms with Gasteiger partial charge in [-0.05, 0) is 37.0 Å². The smallest absolute Gasteiger partial charge is 0.161 e. The molecule has 1 saturated carbocycles. The lowest BCUT2D eigenvalue weighted by Gasteiger charge is -2.37. The van der Waals surface area contributed by atoms with Gasteiger partial charge in [0.15, 0.2) is 5.78 Å². The molecule has 1 rings (SSSR count). The number of carbonyl (C=O) groups is 1. The Morgan fingerprint density at radius 1 is 1.38 bits per heavy atom. The summed E-state index contributed by atoms with van der Waals surface area (Å²) in [5.74, 6) is 1.24. The first-order valence-corrected chi connectivity index (χ1v) is 6.51. The quantitative estimate of drug-likeness (QED) is 0.802. The Kier molecular flexibility index (Phi) is 4.54. The summed E-state index contributed by atoms with van der Waals surface area (Å²) >= 11 is 0. The Morgan fingerprint density at radius 2 is 2.00 bits per heavy atom. The largest absolute Gasteiger partial charge is 0.386 e. The van der Waals surface area contributed by atoms with Crippen molar-refractivity contribution in [1.29, 1.82) is 0 Å². The van der Waals surface area contributed by atoms with Crippen molar-refractivity contribution in [2.75, 3.05) is 0 Å². The summed E-state index contributed by atoms with van der Waals surface area (Å²) in [6, 6.07) is 0. The molecule has 2 nitrogen and oxygen atoms in total. The van der Waals surface area contributed by atoms with E-state index in [-0.39, 0.29) is 5.78 Å². The van der Waals surface area contributed by atoms with E-state index in [0.717, 1.165) is 18.8 Å². The minimum atomic E-state index is -0.782. The number of rotatable bonds is 3. The molecule has 0 aromatic rings. The predicted octanol–water partition coefficient (Wildman–Crippen LogP) is 3.18. The third-order valence-corrected chi connectivity index (χ3v) is 3.96. The third kappa shape index (κ3) is 3.89. The van der Waals surface area contributed by atoms with E-state index in [1.165, 1.54) is 12.8 Å². The van der Waals surface area contributed by atoms with Gasteiger partial charge in [-0.2, -0.15) is 0 Å². The van der Waals surface area contributed by atoms with Crippen molar-refractivity contribution in [2.24, 2.45) is 17.3 Å². The van der Waals surface area contributed by atoms with Crippen LogP contribution < -0.4 is 0 Å². The molecular weight excluding hydrogens is 200 g/mol. The van der Waals surface area contributed by atoms with Crippen molar-refractivity contribution in [1.82, 2.24) is 0 Å². The molecule has 0 aliphatic heterocycles. The molecule has 0 bridgehead atoms. The first kappa shape index (κ1) is 13.7. The second-order valence-electron chi connectivity index (χ2n) is 6.44. The minimum Gasteiger partial charge on any atom is -0.386 e. The van der Waals surface area contributed by atoms with Gasteiger partial charge < -0.3 is 5.11 Å². The maximum atomic E-state index is 11.5. The van der Waals surface area contributed by atoms with Crippen LogP contribution in [-0.2, 0) is 4.79 Å². The van der Waals surface area contributed by atoms with E-state index in [1.54, 1.807) is 6.92 Å². The van der Waals surface area contributed by atoms with Crippen LogP contribution in [0.1, 0.15) is 59.8 Å². The van der Waals surface area contributed by atoms with Gasteiger partial charge in [0.1, 0.15) is 6.10 Å². The van der Waals surface area contributed by atoms with Crippen LogP contribution in [0.3, 0.4) is 0 Å². The second-order valence-corrected chi connectivity index (χ2v) is 6.44. The monoisotopic (exact) mass is 226 g/mol. The lowest BCUT2D eigenvalue weighted by Crippen LogP contribution is -2.29. The molecule has 1 fully saturated rings. The fourth-order valence-corrected chi connectivity index (χ4v) is 2.72. The zero-order valence-electron chi connectivity index (χ0n) is 11.1. The van der Waals surface area contributed by atoms with E-state index in [4.69, 9.17) is 0 Å². The summed E-state index contributed by atoms with van der Waals surface area (Å²) in [7, 11) is 0. The minimum absolute atomic E-state index is 0.0135. The Bertz CT molecular complexity index is 238. The van der Waals surface area contributed by atoms with E-state index >= 15 is 0 Å². The molecule has 0 aromatic carbocycles. The number of aliphatic hydroxyl groups excluding tert-OH is 1. The first-order chi connectivity index (χ1) is 7.30. The van der Waals surface area contributed by atoms with Gasteiger partial charge in [-0.25, -0.2) is 0 Å². The Hall–Kier alpha value is -0.370. The molecule has 1 unspecified atom stereocenters. The molecule has 2 heteroatoms. The molecule has 0 amide bonds. The Labute approximate surface area is 99.4 Å². The molecule has 94 valence electrons. The molecule has 0 spiro atoms. The summed E-state index contributed by atoms with van der Waals surface area (Å²) in [6.45, 7) is 8.44. The van der Waals surface area contributed by atoms with Crippen molar-refractivity contribution in [3.05, 3.63) is 0 Å². The van der Waals surface area contributed by atoms with Gasteiger partial charge in [0.2, 0.25) is 0 Å². The van der Waals surface area contributed by atoms with Crippen LogP contribution in [0.4, 0.5) is 0 Å². The van der Waals surface area contributed by atoms with E-state index < -0.39 is 6.10 Å². The normalized spacial score (nSPS) is 28.8. The van der Waals surface area contributed by atoms with Gasteiger partial charge in [-0.3, -0.25) is 4.79 Å². The van der Waals surface area contributed by atoms with E-state index in [9.17, 15) is 9.90 Å². The molecule has 3 atom stereocenters. The predicted molar refractivity (Wildman–Crippen MR) is 66.2 cm³/mol. The highest BCUT2D eigenvalue weighted by Gasteiger charge is 2.31. The zero-order valence-corrected chi connectivity index (χ0v) is 11.1. The Balaban J connectivity index is 2.48. The summed E-state index contributed by atoms with van der Waals surface area (Å²) in [4.78, 5) is 11.5. The molecule has 16 heavy (non-hydrogen) atoms. The zero-order chi connectivity index (χ0) is 12.3. The van der Waals surface area contributed by atoms with E-state index in [0.29, 0.717) is 17.8 Å². The number of Topliss-reactive ketones (excluding diaryl/α,β-unsaturated/α-hetero) is 1. The highest BCUT2D eigenvalue weighted by molar-refractivity contribution is 5.82. The molecule has 0 aromatic heterocycles. The second kappa shape index (κ2) is 5.31.